The fraction of sp³-hybridized carbons (Fsp3) is 0.462. The molecular weight excluding hydrogens is 347 g/mol. The topological polar surface area (TPSA) is 58.4 Å². The minimum atomic E-state index is -6.25. The van der Waals surface area contributed by atoms with Crippen LogP contribution >= 0.6 is 0 Å². The molecule has 0 saturated heterocycles. The van der Waals surface area contributed by atoms with Gasteiger partial charge in [0.25, 0.3) is 0 Å². The number of amides is 2. The van der Waals surface area contributed by atoms with E-state index in [0.717, 1.165) is 7.05 Å². The van der Waals surface area contributed by atoms with Crippen LogP contribution in [-0.4, -0.2) is 32.0 Å². The van der Waals surface area contributed by atoms with Crippen molar-refractivity contribution in [3.63, 3.8) is 0 Å². The second kappa shape index (κ2) is 6.36. The standard InChI is InChI=1S/C13H14F7N3O/c1-3-22-10(24)23(2)9-6-7(4-5-8(9)21)11(14,12(15,16)17)13(18,19)20/h4-6H,3,21H2,1-2H3,(H,22,24). The Morgan fingerprint density at radius 2 is 1.62 bits per heavy atom. The van der Waals surface area contributed by atoms with Crippen molar-refractivity contribution in [3.8, 4) is 0 Å². The van der Waals surface area contributed by atoms with E-state index in [1.807, 2.05) is 0 Å². The van der Waals surface area contributed by atoms with E-state index < -0.39 is 35.3 Å². The highest BCUT2D eigenvalue weighted by molar-refractivity contribution is 5.94. The highest BCUT2D eigenvalue weighted by Crippen LogP contribution is 2.53. The zero-order chi connectivity index (χ0) is 18.9. The molecule has 1 aromatic carbocycles. The fourth-order valence-electron chi connectivity index (χ4n) is 1.92. The molecular formula is C13H14F7N3O. The Balaban J connectivity index is 3.51. The molecule has 0 aliphatic carbocycles. The van der Waals surface area contributed by atoms with E-state index in [9.17, 15) is 35.5 Å². The van der Waals surface area contributed by atoms with E-state index in [1.165, 1.54) is 0 Å². The number of benzene rings is 1. The van der Waals surface area contributed by atoms with Gasteiger partial charge in [0.1, 0.15) is 0 Å². The monoisotopic (exact) mass is 361 g/mol. The van der Waals surface area contributed by atoms with Crippen LogP contribution in [0.3, 0.4) is 0 Å². The van der Waals surface area contributed by atoms with Crippen LogP contribution in [-0.2, 0) is 5.67 Å². The van der Waals surface area contributed by atoms with Crippen molar-refractivity contribution in [2.75, 3.05) is 24.2 Å². The number of anilines is 2. The van der Waals surface area contributed by atoms with E-state index in [0.29, 0.717) is 11.0 Å². The summed E-state index contributed by atoms with van der Waals surface area (Å²) in [6.45, 7) is 1.70. The molecule has 0 fully saturated rings. The number of nitrogens with two attached hydrogens (primary N) is 1. The first-order chi connectivity index (χ1) is 10.8. The Morgan fingerprint density at radius 3 is 2.04 bits per heavy atom. The zero-order valence-electron chi connectivity index (χ0n) is 12.5. The Bertz CT molecular complexity index is 599. The van der Waals surface area contributed by atoms with Crippen molar-refractivity contribution in [2.24, 2.45) is 0 Å². The van der Waals surface area contributed by atoms with Gasteiger partial charge in [0.15, 0.2) is 0 Å². The lowest BCUT2D eigenvalue weighted by atomic mass is 9.93. The van der Waals surface area contributed by atoms with Crippen LogP contribution in [0.1, 0.15) is 12.5 Å². The number of hydrogen-bond acceptors (Lipinski definition) is 2. The second-order valence-corrected chi connectivity index (χ2v) is 4.82. The molecule has 0 spiro atoms. The number of halogens is 7. The number of alkyl halides is 7. The van der Waals surface area contributed by atoms with Crippen molar-refractivity contribution in [1.82, 2.24) is 5.32 Å². The molecule has 1 aromatic rings. The Kier molecular flexibility index (Phi) is 5.26. The molecule has 11 heteroatoms. The van der Waals surface area contributed by atoms with Gasteiger partial charge < -0.3 is 11.1 Å². The van der Waals surface area contributed by atoms with Gasteiger partial charge in [-0.25, -0.2) is 9.18 Å². The zero-order valence-corrected chi connectivity index (χ0v) is 12.5. The second-order valence-electron chi connectivity index (χ2n) is 4.82. The van der Waals surface area contributed by atoms with Gasteiger partial charge in [0.05, 0.1) is 11.4 Å². The maximum Gasteiger partial charge on any atom is 0.435 e. The predicted octanol–water partition coefficient (Wildman–Crippen LogP) is 3.72. The summed E-state index contributed by atoms with van der Waals surface area (Å²) in [5.41, 5.74) is -2.62. The first-order valence-electron chi connectivity index (χ1n) is 6.51. The molecule has 0 saturated carbocycles. The van der Waals surface area contributed by atoms with Gasteiger partial charge in [0, 0.05) is 19.2 Å². The first kappa shape index (κ1) is 19.8. The predicted molar refractivity (Wildman–Crippen MR) is 73.2 cm³/mol. The van der Waals surface area contributed by atoms with E-state index >= 15 is 0 Å². The Labute approximate surface area is 132 Å². The lowest BCUT2D eigenvalue weighted by molar-refractivity contribution is -0.348. The van der Waals surface area contributed by atoms with Crippen molar-refractivity contribution in [2.45, 2.75) is 24.9 Å². The maximum atomic E-state index is 14.1. The normalized spacial score (nSPS) is 12.9. The number of rotatable bonds is 3. The highest BCUT2D eigenvalue weighted by atomic mass is 19.4. The molecule has 0 aliphatic rings. The van der Waals surface area contributed by atoms with Gasteiger partial charge >= 0.3 is 24.1 Å². The van der Waals surface area contributed by atoms with E-state index in [2.05, 4.69) is 5.32 Å². The lowest BCUT2D eigenvalue weighted by Gasteiger charge is -2.31. The number of carbonyl (C=O) groups excluding carboxylic acids is 1. The molecule has 0 bridgehead atoms. The average Bonchev–Trinajstić information content (AvgIpc) is 2.44. The summed E-state index contributed by atoms with van der Waals surface area (Å²) < 4.78 is 90.7. The summed E-state index contributed by atoms with van der Waals surface area (Å²) in [6, 6.07) is 0.383. The molecule has 4 nitrogen and oxygen atoms in total. The first-order valence-corrected chi connectivity index (χ1v) is 6.51. The number of nitrogens with one attached hydrogen (secondary N) is 1. The number of nitrogens with zero attached hydrogens (tertiary/aromatic N) is 1. The molecule has 0 atom stereocenters. The van der Waals surface area contributed by atoms with Gasteiger partial charge in [-0.05, 0) is 19.1 Å². The third-order valence-corrected chi connectivity index (χ3v) is 3.20. The summed E-state index contributed by atoms with van der Waals surface area (Å²) in [5.74, 6) is 0. The SMILES string of the molecule is CCNC(=O)N(C)c1cc(C(F)(C(F)(F)F)C(F)(F)F)ccc1N. The van der Waals surface area contributed by atoms with E-state index in [1.54, 1.807) is 6.92 Å². The van der Waals surface area contributed by atoms with Gasteiger partial charge in [-0.1, -0.05) is 6.07 Å². The van der Waals surface area contributed by atoms with Crippen LogP contribution in [0.5, 0.6) is 0 Å². The smallest absolute Gasteiger partial charge is 0.397 e. The molecule has 0 heterocycles. The summed E-state index contributed by atoms with van der Waals surface area (Å²) >= 11 is 0. The summed E-state index contributed by atoms with van der Waals surface area (Å²) in [7, 11) is 1.07. The lowest BCUT2D eigenvalue weighted by Crippen LogP contribution is -2.50. The van der Waals surface area contributed by atoms with Crippen molar-refractivity contribution in [3.05, 3.63) is 23.8 Å². The van der Waals surface area contributed by atoms with Gasteiger partial charge in [-0.15, -0.1) is 0 Å². The van der Waals surface area contributed by atoms with Crippen molar-refractivity contribution >= 4 is 17.4 Å². The van der Waals surface area contributed by atoms with Crippen LogP contribution in [0.4, 0.5) is 46.9 Å². The molecule has 2 amide bonds. The van der Waals surface area contributed by atoms with Crippen LogP contribution in [0, 0.1) is 0 Å². The molecule has 3 N–H and O–H groups in total. The van der Waals surface area contributed by atoms with E-state index in [4.69, 9.17) is 5.73 Å². The average molecular weight is 361 g/mol. The third kappa shape index (κ3) is 3.34. The molecule has 24 heavy (non-hydrogen) atoms. The summed E-state index contributed by atoms with van der Waals surface area (Å²) in [5, 5.41) is 2.28. The molecule has 0 radical (unpaired) electrons. The highest BCUT2D eigenvalue weighted by Gasteiger charge is 2.73. The summed E-state index contributed by atoms with van der Waals surface area (Å²) in [4.78, 5) is 12.4. The number of hydrogen-bond donors (Lipinski definition) is 2. The largest absolute Gasteiger partial charge is 0.435 e. The van der Waals surface area contributed by atoms with Crippen LogP contribution in [0.15, 0.2) is 18.2 Å². The minimum absolute atomic E-state index is 0.154. The number of nitrogen functional groups attached to an aromatic ring is 1. The fourth-order valence-corrected chi connectivity index (χ4v) is 1.92. The van der Waals surface area contributed by atoms with Crippen LogP contribution < -0.4 is 16.0 Å². The number of carbonyl (C=O) groups is 1. The van der Waals surface area contributed by atoms with Crippen molar-refractivity contribution < 1.29 is 35.5 Å². The molecule has 0 aromatic heterocycles. The van der Waals surface area contributed by atoms with Gasteiger partial charge in [-0.2, -0.15) is 26.3 Å². The molecule has 0 unspecified atom stereocenters. The summed E-state index contributed by atoms with van der Waals surface area (Å²) in [6.07, 6.45) is -12.5. The Morgan fingerprint density at radius 1 is 1.12 bits per heavy atom. The van der Waals surface area contributed by atoms with E-state index in [-0.39, 0.29) is 24.4 Å². The third-order valence-electron chi connectivity index (χ3n) is 3.20. The quantitative estimate of drug-likeness (QED) is 0.637. The van der Waals surface area contributed by atoms with Crippen LogP contribution in [0.2, 0.25) is 0 Å². The van der Waals surface area contributed by atoms with Gasteiger partial charge in [-0.3, -0.25) is 4.90 Å². The van der Waals surface area contributed by atoms with Crippen LogP contribution in [0.25, 0.3) is 0 Å². The minimum Gasteiger partial charge on any atom is -0.397 e. The Hall–Kier alpha value is -2.20. The molecule has 136 valence electrons. The number of urea groups is 1. The maximum absolute atomic E-state index is 14.1. The molecule has 1 rings (SSSR count). The molecule has 0 aliphatic heterocycles. The van der Waals surface area contributed by atoms with Crippen molar-refractivity contribution in [1.29, 1.82) is 0 Å². The van der Waals surface area contributed by atoms with Gasteiger partial charge in [0.2, 0.25) is 0 Å².